The fraction of sp³-hybridized carbons (Fsp3) is 0.394. The molecule has 1 aliphatic heterocycles. The zero-order valence-corrected chi connectivity index (χ0v) is 25.3. The number of ketones is 1. The van der Waals surface area contributed by atoms with Crippen molar-refractivity contribution < 1.29 is 41.8 Å². The zero-order chi connectivity index (χ0) is 32.9. The lowest BCUT2D eigenvalue weighted by atomic mass is 9.81. The number of aryl methyl sites for hydroxylation is 1. The largest absolute Gasteiger partial charge is 0.453 e. The number of Topliss-reactive ketones (excluding diaryl/α,β-unsaturated/α-hetero) is 1. The number of hydrogen-bond acceptors (Lipinski definition) is 8. The van der Waals surface area contributed by atoms with Gasteiger partial charge in [0.2, 0.25) is 0 Å². The minimum absolute atomic E-state index is 0.0214. The second-order valence-corrected chi connectivity index (χ2v) is 10.9. The van der Waals surface area contributed by atoms with E-state index in [-0.39, 0.29) is 37.6 Å². The van der Waals surface area contributed by atoms with Crippen molar-refractivity contribution in [2.45, 2.75) is 49.5 Å². The number of pyridine rings is 1. The van der Waals surface area contributed by atoms with Crippen LogP contribution in [0.3, 0.4) is 0 Å². The van der Waals surface area contributed by atoms with Gasteiger partial charge in [0.1, 0.15) is 19.2 Å². The highest BCUT2D eigenvalue weighted by Gasteiger charge is 2.33. The Bertz CT molecular complexity index is 1380. The SMILES string of the molecule is COC(=O)N[C@H](C(=O)Cc1cnccc1CC[C@@H]1CN[C@H](COC(=O)NCC(F)(F)F)CO1)C(c1ccccc1)c1ccccc1. The van der Waals surface area contributed by atoms with Crippen LogP contribution in [0.5, 0.6) is 0 Å². The van der Waals surface area contributed by atoms with Gasteiger partial charge in [0.05, 0.1) is 25.9 Å². The van der Waals surface area contributed by atoms with E-state index in [0.717, 1.165) is 22.3 Å². The maximum atomic E-state index is 14.0. The van der Waals surface area contributed by atoms with E-state index in [9.17, 15) is 27.6 Å². The van der Waals surface area contributed by atoms with E-state index in [1.54, 1.807) is 17.7 Å². The predicted octanol–water partition coefficient (Wildman–Crippen LogP) is 4.33. The molecule has 0 radical (unpaired) electrons. The smallest absolute Gasteiger partial charge is 0.407 e. The number of carbonyl (C=O) groups is 3. The highest BCUT2D eigenvalue weighted by molar-refractivity contribution is 5.90. The summed E-state index contributed by atoms with van der Waals surface area (Å²) < 4.78 is 52.4. The van der Waals surface area contributed by atoms with Gasteiger partial charge in [0, 0.05) is 31.3 Å². The minimum atomic E-state index is -4.52. The molecule has 10 nitrogen and oxygen atoms in total. The van der Waals surface area contributed by atoms with E-state index < -0.39 is 36.9 Å². The highest BCUT2D eigenvalue weighted by atomic mass is 19.4. The molecule has 3 atom stereocenters. The fourth-order valence-corrected chi connectivity index (χ4v) is 5.27. The Kier molecular flexibility index (Phi) is 12.5. The maximum Gasteiger partial charge on any atom is 0.407 e. The van der Waals surface area contributed by atoms with Crippen LogP contribution in [0.15, 0.2) is 79.1 Å². The van der Waals surface area contributed by atoms with Gasteiger partial charge in [-0.2, -0.15) is 13.2 Å². The van der Waals surface area contributed by atoms with E-state index in [0.29, 0.717) is 19.4 Å². The van der Waals surface area contributed by atoms with E-state index in [4.69, 9.17) is 14.2 Å². The number of alkyl carbamates (subject to hydrolysis) is 2. The van der Waals surface area contributed by atoms with E-state index in [1.807, 2.05) is 66.7 Å². The lowest BCUT2D eigenvalue weighted by Gasteiger charge is -2.30. The number of hydrogen-bond donors (Lipinski definition) is 3. The number of ether oxygens (including phenoxy) is 3. The molecule has 1 saturated heterocycles. The van der Waals surface area contributed by atoms with Crippen molar-refractivity contribution >= 4 is 18.0 Å². The van der Waals surface area contributed by atoms with E-state index >= 15 is 0 Å². The standard InChI is InChI=1S/C33H37F3N4O6/c1-44-32(43)40-30(29(23-8-4-2-5-9-23)24-10-6-3-7-11-24)28(41)16-25-17-37-15-14-22(25)12-13-27-18-38-26(19-45-27)20-46-31(42)39-21-33(34,35)36/h2-11,14-15,17,26-27,29-30,38H,12-13,16,18-21H2,1H3,(H,39,42)(H,40,43)/t26-,27+,30+/m0/s1. The molecular formula is C33H37F3N4O6. The number of nitrogens with one attached hydrogen (secondary N) is 3. The Hall–Kier alpha value is -4.49. The molecule has 1 aromatic heterocycles. The first-order chi connectivity index (χ1) is 22.1. The minimum Gasteiger partial charge on any atom is -0.453 e. The van der Waals surface area contributed by atoms with E-state index in [1.165, 1.54) is 7.11 Å². The lowest BCUT2D eigenvalue weighted by Crippen LogP contribution is -2.49. The van der Waals surface area contributed by atoms with Gasteiger partial charge in [-0.25, -0.2) is 9.59 Å². The molecule has 1 aliphatic rings. The van der Waals surface area contributed by atoms with Gasteiger partial charge in [-0.1, -0.05) is 60.7 Å². The summed E-state index contributed by atoms with van der Waals surface area (Å²) in [6.45, 7) is -0.951. The molecule has 246 valence electrons. The predicted molar refractivity (Wildman–Crippen MR) is 162 cm³/mol. The first-order valence-corrected chi connectivity index (χ1v) is 14.8. The lowest BCUT2D eigenvalue weighted by molar-refractivity contribution is -0.124. The Balaban J connectivity index is 1.38. The number of alkyl halides is 3. The van der Waals surface area contributed by atoms with Crippen molar-refractivity contribution in [3.8, 4) is 0 Å². The van der Waals surface area contributed by atoms with Crippen molar-refractivity contribution in [2.75, 3.05) is 33.4 Å². The molecule has 3 N–H and O–H groups in total. The van der Waals surface area contributed by atoms with Gasteiger partial charge in [-0.15, -0.1) is 0 Å². The number of halogens is 3. The van der Waals surface area contributed by atoms with Crippen molar-refractivity contribution in [1.29, 1.82) is 0 Å². The van der Waals surface area contributed by atoms with Crippen LogP contribution in [-0.2, 0) is 31.8 Å². The summed E-state index contributed by atoms with van der Waals surface area (Å²) in [6, 6.07) is 19.6. The number of carbonyl (C=O) groups excluding carboxylic acids is 3. The Labute approximate surface area is 265 Å². The summed E-state index contributed by atoms with van der Waals surface area (Å²) in [5, 5.41) is 7.63. The summed E-state index contributed by atoms with van der Waals surface area (Å²) in [6.07, 6.45) is -2.05. The van der Waals surface area contributed by atoms with Crippen LogP contribution in [0, 0.1) is 0 Å². The van der Waals surface area contributed by atoms with E-state index in [2.05, 4.69) is 15.6 Å². The summed E-state index contributed by atoms with van der Waals surface area (Å²) in [7, 11) is 1.25. The molecule has 3 aromatic rings. The second-order valence-electron chi connectivity index (χ2n) is 10.9. The molecule has 0 saturated carbocycles. The van der Waals surface area contributed by atoms with Crippen LogP contribution >= 0.6 is 0 Å². The van der Waals surface area contributed by atoms with Gasteiger partial charge in [-0.3, -0.25) is 9.78 Å². The van der Waals surface area contributed by atoms with Crippen LogP contribution in [0.2, 0.25) is 0 Å². The quantitative estimate of drug-likeness (QED) is 0.252. The van der Waals surface area contributed by atoms with Gasteiger partial charge < -0.3 is 30.2 Å². The first-order valence-electron chi connectivity index (χ1n) is 14.8. The van der Waals surface area contributed by atoms with Crippen LogP contribution in [0.25, 0.3) is 0 Å². The number of amides is 2. The zero-order valence-electron chi connectivity index (χ0n) is 25.3. The third kappa shape index (κ3) is 10.6. The van der Waals surface area contributed by atoms with Crippen LogP contribution in [0.4, 0.5) is 22.8 Å². The normalized spacial score (nSPS) is 17.2. The molecule has 0 unspecified atom stereocenters. The van der Waals surface area contributed by atoms with Crippen molar-refractivity contribution in [1.82, 2.24) is 20.9 Å². The van der Waals surface area contributed by atoms with Crippen LogP contribution < -0.4 is 16.0 Å². The first kappa shape index (κ1) is 34.4. The number of morpholine rings is 1. The average molecular weight is 643 g/mol. The molecular weight excluding hydrogens is 605 g/mol. The second kappa shape index (κ2) is 16.7. The summed E-state index contributed by atoms with van der Waals surface area (Å²) in [5.41, 5.74) is 3.36. The Morgan fingerprint density at radius 1 is 1.00 bits per heavy atom. The highest BCUT2D eigenvalue weighted by Crippen LogP contribution is 2.30. The Morgan fingerprint density at radius 2 is 1.67 bits per heavy atom. The molecule has 46 heavy (non-hydrogen) atoms. The number of nitrogens with zero attached hydrogens (tertiary/aromatic N) is 1. The molecule has 0 spiro atoms. The molecule has 2 amide bonds. The maximum absolute atomic E-state index is 14.0. The van der Waals surface area contributed by atoms with Gasteiger partial charge >= 0.3 is 18.4 Å². The molecule has 4 rings (SSSR count). The topological polar surface area (TPSA) is 128 Å². The molecule has 0 bridgehead atoms. The summed E-state index contributed by atoms with van der Waals surface area (Å²) in [5.74, 6) is -0.682. The van der Waals surface area contributed by atoms with Gasteiger partial charge in [0.15, 0.2) is 5.78 Å². The third-order valence-corrected chi connectivity index (χ3v) is 7.58. The van der Waals surface area contributed by atoms with Gasteiger partial charge in [0.25, 0.3) is 0 Å². The number of aromatic nitrogens is 1. The fourth-order valence-electron chi connectivity index (χ4n) is 5.27. The Morgan fingerprint density at radius 3 is 2.26 bits per heavy atom. The van der Waals surface area contributed by atoms with Crippen molar-refractivity contribution in [3.05, 3.63) is 101 Å². The molecule has 1 fully saturated rings. The van der Waals surface area contributed by atoms with Crippen LogP contribution in [-0.4, -0.2) is 80.7 Å². The molecule has 13 heteroatoms. The molecule has 0 aliphatic carbocycles. The third-order valence-electron chi connectivity index (χ3n) is 7.58. The summed E-state index contributed by atoms with van der Waals surface area (Å²) in [4.78, 5) is 42.2. The van der Waals surface area contributed by atoms with Gasteiger partial charge in [-0.05, 0) is 41.2 Å². The molecule has 2 heterocycles. The average Bonchev–Trinajstić information content (AvgIpc) is 3.06. The van der Waals surface area contributed by atoms with Crippen molar-refractivity contribution in [3.63, 3.8) is 0 Å². The molecule has 2 aromatic carbocycles. The number of benzene rings is 2. The van der Waals surface area contributed by atoms with Crippen LogP contribution in [0.1, 0.15) is 34.6 Å². The van der Waals surface area contributed by atoms with Crippen molar-refractivity contribution in [2.24, 2.45) is 0 Å². The monoisotopic (exact) mass is 642 g/mol. The number of rotatable bonds is 13. The summed E-state index contributed by atoms with van der Waals surface area (Å²) >= 11 is 0. The number of methoxy groups -OCH3 is 1.